The summed E-state index contributed by atoms with van der Waals surface area (Å²) in [4.78, 5) is 12.2. The molecule has 0 heterocycles. The minimum atomic E-state index is -0.133. The summed E-state index contributed by atoms with van der Waals surface area (Å²) in [5.41, 5.74) is 0.189. The molecule has 0 saturated carbocycles. The Morgan fingerprint density at radius 3 is 1.81 bits per heavy atom. The summed E-state index contributed by atoms with van der Waals surface area (Å²) in [6.07, 6.45) is 1.41. The summed E-state index contributed by atoms with van der Waals surface area (Å²) in [6, 6.07) is 0. The summed E-state index contributed by atoms with van der Waals surface area (Å²) < 4.78 is 6.90. The normalized spacial score (nSPS) is 13.7. The molecule has 0 bridgehead atoms. The van der Waals surface area contributed by atoms with Crippen LogP contribution < -0.4 is 0 Å². The van der Waals surface area contributed by atoms with Gasteiger partial charge in [0.1, 0.15) is 26.2 Å². The number of rotatable bonds is 13. The molecule has 0 aliphatic carbocycles. The fraction of sp³-hybridized carbons (Fsp3) is 0.952. The van der Waals surface area contributed by atoms with Crippen molar-refractivity contribution in [3.05, 3.63) is 0 Å². The van der Waals surface area contributed by atoms with Crippen LogP contribution in [0, 0.1) is 10.8 Å². The first-order valence-corrected chi connectivity index (χ1v) is 10.2. The Morgan fingerprint density at radius 2 is 1.37 bits per heavy atom. The fourth-order valence-electron chi connectivity index (χ4n) is 3.67. The van der Waals surface area contributed by atoms with Gasteiger partial charge in [-0.3, -0.25) is 4.79 Å². The molecular formula is C21H46N2O4+2. The minimum absolute atomic E-state index is 0.0217. The number of likely N-dealkylation sites (N-methyl/N-ethyl adjacent to an activating group) is 2. The van der Waals surface area contributed by atoms with E-state index >= 15 is 0 Å². The second-order valence-corrected chi connectivity index (χ2v) is 10.9. The number of hydrogen-bond donors (Lipinski definition) is 2. The van der Waals surface area contributed by atoms with Gasteiger partial charge in [-0.05, 0) is 17.3 Å². The van der Waals surface area contributed by atoms with Gasteiger partial charge in [0.15, 0.2) is 0 Å². The predicted molar refractivity (Wildman–Crippen MR) is 110 cm³/mol. The quantitative estimate of drug-likeness (QED) is 0.372. The highest BCUT2D eigenvalue weighted by Gasteiger charge is 2.29. The van der Waals surface area contributed by atoms with Crippen molar-refractivity contribution in [1.82, 2.24) is 0 Å². The first kappa shape index (κ1) is 26.3. The van der Waals surface area contributed by atoms with Crippen molar-refractivity contribution in [1.29, 1.82) is 0 Å². The van der Waals surface area contributed by atoms with Gasteiger partial charge in [-0.25, -0.2) is 0 Å². The van der Waals surface area contributed by atoms with Crippen LogP contribution in [0.1, 0.15) is 47.5 Å². The first-order valence-electron chi connectivity index (χ1n) is 10.2. The lowest BCUT2D eigenvalue weighted by Gasteiger charge is -2.37. The lowest BCUT2D eigenvalue weighted by molar-refractivity contribution is -0.955. The molecule has 0 radical (unpaired) electrons. The number of ether oxygens (including phenoxy) is 1. The van der Waals surface area contributed by atoms with Gasteiger partial charge in [0.05, 0.1) is 53.9 Å². The molecule has 0 unspecified atom stereocenters. The Morgan fingerprint density at radius 1 is 0.852 bits per heavy atom. The third-order valence-electron chi connectivity index (χ3n) is 5.08. The van der Waals surface area contributed by atoms with Crippen molar-refractivity contribution in [2.75, 3.05) is 73.7 Å². The third-order valence-corrected chi connectivity index (χ3v) is 5.08. The molecule has 0 aromatic heterocycles. The number of aliphatic hydroxyl groups is 2. The Labute approximate surface area is 167 Å². The Balaban J connectivity index is 4.41. The van der Waals surface area contributed by atoms with E-state index in [9.17, 15) is 15.0 Å². The topological polar surface area (TPSA) is 66.8 Å². The molecule has 6 heteroatoms. The van der Waals surface area contributed by atoms with Gasteiger partial charge in [-0.1, -0.05) is 34.6 Å². The average Bonchev–Trinajstić information content (AvgIpc) is 2.48. The average molecular weight is 391 g/mol. The van der Waals surface area contributed by atoms with E-state index in [4.69, 9.17) is 4.74 Å². The number of nitrogens with zero attached hydrogens (tertiary/aromatic N) is 2. The first-order chi connectivity index (χ1) is 12.1. The van der Waals surface area contributed by atoms with E-state index in [0.717, 1.165) is 26.1 Å². The SMILES string of the molecule is CC(C)(C)CC(C)(C)COC(=O)CC[N+](C)(C)CC[N+](C)(CCO)CCO. The molecule has 0 aromatic rings. The largest absolute Gasteiger partial charge is 0.465 e. The Bertz CT molecular complexity index is 436. The zero-order valence-electron chi connectivity index (χ0n) is 19.2. The number of esters is 1. The van der Waals surface area contributed by atoms with Crippen LogP contribution in [-0.2, 0) is 9.53 Å². The second kappa shape index (κ2) is 10.7. The lowest BCUT2D eigenvalue weighted by Crippen LogP contribution is -2.55. The monoisotopic (exact) mass is 390 g/mol. The smallest absolute Gasteiger partial charge is 0.311 e. The van der Waals surface area contributed by atoms with Crippen LogP contribution in [0.5, 0.6) is 0 Å². The predicted octanol–water partition coefficient (Wildman–Crippen LogP) is 1.89. The molecule has 0 saturated heterocycles. The highest BCUT2D eigenvalue weighted by molar-refractivity contribution is 5.69. The number of quaternary nitrogens is 2. The molecule has 0 aliphatic rings. The molecule has 0 atom stereocenters. The molecular weight excluding hydrogens is 344 g/mol. The van der Waals surface area contributed by atoms with Crippen LogP contribution in [0.15, 0.2) is 0 Å². The van der Waals surface area contributed by atoms with Gasteiger partial charge >= 0.3 is 5.97 Å². The number of carbonyl (C=O) groups excluding carboxylic acids is 1. The zero-order valence-corrected chi connectivity index (χ0v) is 19.2. The molecule has 6 nitrogen and oxygen atoms in total. The number of hydrogen-bond acceptors (Lipinski definition) is 4. The molecule has 27 heavy (non-hydrogen) atoms. The van der Waals surface area contributed by atoms with E-state index in [1.165, 1.54) is 0 Å². The molecule has 162 valence electrons. The van der Waals surface area contributed by atoms with Crippen LogP contribution in [-0.4, -0.2) is 98.8 Å². The van der Waals surface area contributed by atoms with Gasteiger partial charge < -0.3 is 23.9 Å². The van der Waals surface area contributed by atoms with Crippen LogP contribution in [0.25, 0.3) is 0 Å². The summed E-state index contributed by atoms with van der Waals surface area (Å²) in [5.74, 6) is -0.133. The van der Waals surface area contributed by atoms with E-state index < -0.39 is 0 Å². The maximum Gasteiger partial charge on any atom is 0.311 e. The zero-order chi connectivity index (χ0) is 21.4. The van der Waals surface area contributed by atoms with Crippen molar-refractivity contribution in [3.8, 4) is 0 Å². The molecule has 0 aromatic carbocycles. The maximum absolute atomic E-state index is 12.2. The Hall–Kier alpha value is -0.690. The van der Waals surface area contributed by atoms with Gasteiger partial charge in [0.2, 0.25) is 0 Å². The molecule has 2 N–H and O–H groups in total. The summed E-state index contributed by atoms with van der Waals surface area (Å²) in [7, 11) is 6.27. The third kappa shape index (κ3) is 13.2. The van der Waals surface area contributed by atoms with Crippen LogP contribution in [0.3, 0.4) is 0 Å². The van der Waals surface area contributed by atoms with Gasteiger partial charge in [0, 0.05) is 0 Å². The molecule has 0 amide bonds. The van der Waals surface area contributed by atoms with Crippen LogP contribution in [0.2, 0.25) is 0 Å². The standard InChI is InChI=1S/C21H46N2O4/c1-20(2,3)17-21(4,5)18-27-19(26)9-10-22(6,7)11-12-23(8,13-15-24)14-16-25/h24-25H,9-18H2,1-8H3/q+2. The van der Waals surface area contributed by atoms with Crippen molar-refractivity contribution >= 4 is 5.97 Å². The van der Waals surface area contributed by atoms with E-state index in [2.05, 4.69) is 55.8 Å². The van der Waals surface area contributed by atoms with Crippen molar-refractivity contribution in [2.24, 2.45) is 10.8 Å². The number of carbonyl (C=O) groups is 1. The highest BCUT2D eigenvalue weighted by Crippen LogP contribution is 2.33. The second-order valence-electron chi connectivity index (χ2n) is 10.9. The van der Waals surface area contributed by atoms with E-state index in [-0.39, 0.29) is 30.0 Å². The minimum Gasteiger partial charge on any atom is -0.465 e. The number of aliphatic hydroxyl groups excluding tert-OH is 2. The van der Waals surface area contributed by atoms with E-state index in [1.54, 1.807) is 0 Å². The molecule has 0 rings (SSSR count). The van der Waals surface area contributed by atoms with Crippen molar-refractivity contribution in [3.63, 3.8) is 0 Å². The van der Waals surface area contributed by atoms with Gasteiger partial charge in [0.25, 0.3) is 0 Å². The summed E-state index contributed by atoms with van der Waals surface area (Å²) >= 11 is 0. The maximum atomic E-state index is 12.2. The summed E-state index contributed by atoms with van der Waals surface area (Å²) in [6.45, 7) is 15.3. The summed E-state index contributed by atoms with van der Waals surface area (Å²) in [5, 5.41) is 18.5. The van der Waals surface area contributed by atoms with Crippen molar-refractivity contribution in [2.45, 2.75) is 47.5 Å². The Kier molecular flexibility index (Phi) is 10.5. The van der Waals surface area contributed by atoms with E-state index in [0.29, 0.717) is 35.1 Å². The van der Waals surface area contributed by atoms with E-state index in [1.807, 2.05) is 0 Å². The highest BCUT2D eigenvalue weighted by atomic mass is 16.5. The van der Waals surface area contributed by atoms with Crippen LogP contribution in [0.4, 0.5) is 0 Å². The van der Waals surface area contributed by atoms with Crippen molar-refractivity contribution < 1.29 is 28.7 Å². The molecule has 0 aliphatic heterocycles. The fourth-order valence-corrected chi connectivity index (χ4v) is 3.67. The molecule has 0 spiro atoms. The van der Waals surface area contributed by atoms with Gasteiger partial charge in [-0.15, -0.1) is 0 Å². The molecule has 0 fully saturated rings. The van der Waals surface area contributed by atoms with Crippen LogP contribution >= 0.6 is 0 Å². The lowest BCUT2D eigenvalue weighted by atomic mass is 9.77. The van der Waals surface area contributed by atoms with Gasteiger partial charge in [-0.2, -0.15) is 0 Å².